The van der Waals surface area contributed by atoms with E-state index in [0.29, 0.717) is 34.9 Å². The van der Waals surface area contributed by atoms with E-state index in [-0.39, 0.29) is 23.6 Å². The second-order valence-electron chi connectivity index (χ2n) is 7.87. The van der Waals surface area contributed by atoms with Crippen LogP contribution in [-0.2, 0) is 4.79 Å². The van der Waals surface area contributed by atoms with Gasteiger partial charge in [0, 0.05) is 23.6 Å². The van der Waals surface area contributed by atoms with Crippen LogP contribution in [0.2, 0.25) is 0 Å². The van der Waals surface area contributed by atoms with Crippen LogP contribution >= 0.6 is 0 Å². The van der Waals surface area contributed by atoms with E-state index in [2.05, 4.69) is 29.4 Å². The van der Waals surface area contributed by atoms with Crippen LogP contribution in [0.4, 0.5) is 5.82 Å². The van der Waals surface area contributed by atoms with E-state index in [0.717, 1.165) is 17.7 Å². The Hall–Kier alpha value is -2.96. The van der Waals surface area contributed by atoms with E-state index < -0.39 is 5.92 Å². The SMILES string of the molecule is CC1(C)CC(=O)C2=C(C1)Nc1[nH][nH]c(=O)c1[C@@H]2c1ccc2c(c1)OCO2. The highest BCUT2D eigenvalue weighted by Gasteiger charge is 2.42. The molecule has 0 saturated heterocycles. The first-order chi connectivity index (χ1) is 12.4. The van der Waals surface area contributed by atoms with Crippen LogP contribution in [0.1, 0.15) is 43.7 Å². The lowest BCUT2D eigenvalue weighted by Gasteiger charge is -2.37. The molecule has 0 saturated carbocycles. The van der Waals surface area contributed by atoms with Crippen LogP contribution in [0.25, 0.3) is 0 Å². The smallest absolute Gasteiger partial charge is 0.270 e. The molecular weight excluding hydrogens is 334 g/mol. The second-order valence-corrected chi connectivity index (χ2v) is 7.87. The number of nitrogens with one attached hydrogen (secondary N) is 3. The second kappa shape index (κ2) is 5.03. The molecule has 1 aliphatic carbocycles. The minimum Gasteiger partial charge on any atom is -0.454 e. The highest BCUT2D eigenvalue weighted by molar-refractivity contribution is 6.01. The van der Waals surface area contributed by atoms with Gasteiger partial charge >= 0.3 is 0 Å². The number of ether oxygens (including phenoxy) is 2. The van der Waals surface area contributed by atoms with Gasteiger partial charge in [-0.25, -0.2) is 0 Å². The van der Waals surface area contributed by atoms with Gasteiger partial charge in [-0.15, -0.1) is 0 Å². The average Bonchev–Trinajstić information content (AvgIpc) is 3.18. The number of allylic oxidation sites excluding steroid dienone is 2. The van der Waals surface area contributed by atoms with Gasteiger partial charge in [-0.2, -0.15) is 0 Å². The molecule has 3 aliphatic rings. The number of carbonyl (C=O) groups is 1. The van der Waals surface area contributed by atoms with E-state index in [1.165, 1.54) is 0 Å². The van der Waals surface area contributed by atoms with Crippen molar-refractivity contribution in [2.45, 2.75) is 32.6 Å². The summed E-state index contributed by atoms with van der Waals surface area (Å²) in [5, 5.41) is 8.82. The lowest BCUT2D eigenvalue weighted by Crippen LogP contribution is -2.34. The van der Waals surface area contributed by atoms with Gasteiger partial charge < -0.3 is 14.8 Å². The molecule has 0 bridgehead atoms. The maximum atomic E-state index is 13.0. The van der Waals surface area contributed by atoms with Gasteiger partial charge in [0.05, 0.1) is 5.56 Å². The number of rotatable bonds is 1. The Bertz CT molecular complexity index is 1030. The van der Waals surface area contributed by atoms with Crippen LogP contribution < -0.4 is 20.3 Å². The van der Waals surface area contributed by atoms with E-state index in [1.54, 1.807) is 0 Å². The molecule has 7 heteroatoms. The van der Waals surface area contributed by atoms with Crippen molar-refractivity contribution in [3.63, 3.8) is 0 Å². The summed E-state index contributed by atoms with van der Waals surface area (Å²) < 4.78 is 10.9. The molecule has 0 unspecified atom stereocenters. The highest BCUT2D eigenvalue weighted by atomic mass is 16.7. The van der Waals surface area contributed by atoms with Gasteiger partial charge in [-0.05, 0) is 29.5 Å². The lowest BCUT2D eigenvalue weighted by atomic mass is 9.69. The molecule has 3 N–H and O–H groups in total. The number of Topliss-reactive ketones (excluding diaryl/α,β-unsaturated/α-hetero) is 1. The molecule has 0 fully saturated rings. The average molecular weight is 353 g/mol. The van der Waals surface area contributed by atoms with E-state index in [4.69, 9.17) is 9.47 Å². The Balaban J connectivity index is 1.72. The zero-order valence-electron chi connectivity index (χ0n) is 14.6. The molecule has 2 aromatic rings. The third-order valence-corrected chi connectivity index (χ3v) is 5.32. The van der Waals surface area contributed by atoms with Crippen molar-refractivity contribution in [1.29, 1.82) is 0 Å². The zero-order valence-corrected chi connectivity index (χ0v) is 14.6. The molecule has 1 aromatic heterocycles. The standard InChI is InChI=1S/C19H19N3O4/c1-19(2)6-10-15(11(23)7-19)14(16-17(20-10)21-22-18(16)24)9-3-4-12-13(5-9)26-8-25-12/h3-5,14H,6-8H2,1-2H3,(H3,20,21,22,24)/t14-/m1/s1. The van der Waals surface area contributed by atoms with Crippen molar-refractivity contribution < 1.29 is 14.3 Å². The van der Waals surface area contributed by atoms with Gasteiger partial charge in [0.1, 0.15) is 5.82 Å². The lowest BCUT2D eigenvalue weighted by molar-refractivity contribution is -0.118. The predicted octanol–water partition coefficient (Wildman–Crippen LogP) is 2.63. The van der Waals surface area contributed by atoms with Gasteiger partial charge in [-0.1, -0.05) is 19.9 Å². The molecule has 1 aromatic carbocycles. The Kier molecular flexibility index (Phi) is 2.96. The van der Waals surface area contributed by atoms with Crippen molar-refractivity contribution in [3.05, 3.63) is 50.9 Å². The number of anilines is 1. The first-order valence-electron chi connectivity index (χ1n) is 8.66. The fourth-order valence-corrected chi connectivity index (χ4v) is 4.24. The maximum Gasteiger partial charge on any atom is 0.270 e. The summed E-state index contributed by atoms with van der Waals surface area (Å²) >= 11 is 0. The van der Waals surface area contributed by atoms with Gasteiger partial charge in [0.2, 0.25) is 6.79 Å². The Morgan fingerprint density at radius 2 is 1.88 bits per heavy atom. The molecule has 0 amide bonds. The third kappa shape index (κ3) is 2.13. The number of fused-ring (bicyclic) bond motifs is 2. The zero-order chi connectivity index (χ0) is 18.1. The number of hydrogen-bond acceptors (Lipinski definition) is 5. The van der Waals surface area contributed by atoms with Crippen molar-refractivity contribution in [2.75, 3.05) is 12.1 Å². The summed E-state index contributed by atoms with van der Waals surface area (Å²) in [5.74, 6) is 1.60. The molecule has 2 aliphatic heterocycles. The summed E-state index contributed by atoms with van der Waals surface area (Å²) in [7, 11) is 0. The Morgan fingerprint density at radius 1 is 1.08 bits per heavy atom. The molecule has 0 spiro atoms. The summed E-state index contributed by atoms with van der Waals surface area (Å²) in [6, 6.07) is 5.60. The molecule has 134 valence electrons. The minimum atomic E-state index is -0.422. The largest absolute Gasteiger partial charge is 0.454 e. The van der Waals surface area contributed by atoms with Crippen LogP contribution in [0.15, 0.2) is 34.3 Å². The number of hydrogen-bond donors (Lipinski definition) is 3. The number of aromatic amines is 2. The van der Waals surface area contributed by atoms with Crippen LogP contribution in [0.3, 0.4) is 0 Å². The highest BCUT2D eigenvalue weighted by Crippen LogP contribution is 2.48. The minimum absolute atomic E-state index is 0.0812. The molecule has 26 heavy (non-hydrogen) atoms. The molecule has 3 heterocycles. The van der Waals surface area contributed by atoms with Crippen molar-refractivity contribution in [2.24, 2.45) is 5.41 Å². The van der Waals surface area contributed by atoms with E-state index in [1.807, 2.05) is 18.2 Å². The van der Waals surface area contributed by atoms with Gasteiger partial charge in [-0.3, -0.25) is 19.8 Å². The number of H-pyrrole nitrogens is 2. The fourth-order valence-electron chi connectivity index (χ4n) is 4.24. The number of carbonyl (C=O) groups excluding carboxylic acids is 1. The van der Waals surface area contributed by atoms with Crippen molar-refractivity contribution in [3.8, 4) is 11.5 Å². The molecule has 7 nitrogen and oxygen atoms in total. The van der Waals surface area contributed by atoms with E-state index >= 15 is 0 Å². The maximum absolute atomic E-state index is 13.0. The molecular formula is C19H19N3O4. The van der Waals surface area contributed by atoms with Crippen molar-refractivity contribution >= 4 is 11.6 Å². The Morgan fingerprint density at radius 3 is 2.73 bits per heavy atom. The fraction of sp³-hybridized carbons (Fsp3) is 0.368. The van der Waals surface area contributed by atoms with E-state index in [9.17, 15) is 9.59 Å². The first-order valence-corrected chi connectivity index (χ1v) is 8.66. The summed E-state index contributed by atoms with van der Waals surface area (Å²) in [6.07, 6.45) is 1.22. The summed E-state index contributed by atoms with van der Waals surface area (Å²) in [6.45, 7) is 4.35. The van der Waals surface area contributed by atoms with Crippen molar-refractivity contribution in [1.82, 2.24) is 10.2 Å². The van der Waals surface area contributed by atoms with Gasteiger partial charge in [0.15, 0.2) is 17.3 Å². The van der Waals surface area contributed by atoms with Crippen LogP contribution in [-0.4, -0.2) is 22.8 Å². The number of ketones is 1. The third-order valence-electron chi connectivity index (χ3n) is 5.32. The van der Waals surface area contributed by atoms with Crippen LogP contribution in [0, 0.1) is 5.41 Å². The predicted molar refractivity (Wildman–Crippen MR) is 94.5 cm³/mol. The quantitative estimate of drug-likeness (QED) is 0.732. The number of aromatic nitrogens is 2. The topological polar surface area (TPSA) is 96.2 Å². The summed E-state index contributed by atoms with van der Waals surface area (Å²) in [4.78, 5) is 25.5. The van der Waals surface area contributed by atoms with Crippen LogP contribution in [0.5, 0.6) is 11.5 Å². The van der Waals surface area contributed by atoms with Gasteiger partial charge in [0.25, 0.3) is 5.56 Å². The molecule has 1 atom stereocenters. The monoisotopic (exact) mass is 353 g/mol. The Labute approximate surface area is 149 Å². The first kappa shape index (κ1) is 15.3. The molecule has 0 radical (unpaired) electrons. The number of benzene rings is 1. The summed E-state index contributed by atoms with van der Waals surface area (Å²) in [5.41, 5.74) is 2.62. The normalized spacial score (nSPS) is 22.7. The molecule has 5 rings (SSSR count).